The van der Waals surface area contributed by atoms with Gasteiger partial charge in [-0.25, -0.2) is 0 Å². The second kappa shape index (κ2) is 5.02. The molecule has 0 bridgehead atoms. The van der Waals surface area contributed by atoms with E-state index in [4.69, 9.17) is 10.5 Å². The summed E-state index contributed by atoms with van der Waals surface area (Å²) in [6, 6.07) is 9.80. The molecule has 0 aliphatic carbocycles. The zero-order chi connectivity index (χ0) is 13.3. The van der Waals surface area contributed by atoms with Crippen molar-refractivity contribution in [1.82, 2.24) is 0 Å². The Morgan fingerprint density at radius 1 is 1.00 bits per heavy atom. The molecule has 2 aromatic rings. The molecule has 0 saturated heterocycles. The molecule has 2 nitrogen and oxygen atoms in total. The van der Waals surface area contributed by atoms with E-state index in [0.717, 1.165) is 21.3 Å². The van der Waals surface area contributed by atoms with Crippen molar-refractivity contribution < 1.29 is 4.74 Å². The van der Waals surface area contributed by atoms with Gasteiger partial charge in [-0.15, -0.1) is 0 Å². The van der Waals surface area contributed by atoms with E-state index in [2.05, 4.69) is 41.9 Å². The largest absolute Gasteiger partial charge is 0.455 e. The minimum absolute atomic E-state index is 0.629. The molecular formula is C15H16BrNO. The first-order chi connectivity index (χ1) is 8.49. The van der Waals surface area contributed by atoms with Crippen molar-refractivity contribution in [3.63, 3.8) is 0 Å². The molecule has 0 aliphatic rings. The fourth-order valence-corrected chi connectivity index (χ4v) is 2.18. The summed E-state index contributed by atoms with van der Waals surface area (Å²) in [6.45, 7) is 6.18. The Hall–Kier alpha value is -1.48. The number of nitrogen functional groups attached to an aromatic ring is 1. The zero-order valence-electron chi connectivity index (χ0n) is 10.8. The third kappa shape index (κ3) is 2.51. The first-order valence-corrected chi connectivity index (χ1v) is 6.58. The van der Waals surface area contributed by atoms with Crippen LogP contribution in [0.2, 0.25) is 0 Å². The number of hydrogen-bond donors (Lipinski definition) is 1. The predicted molar refractivity (Wildman–Crippen MR) is 79.3 cm³/mol. The lowest BCUT2D eigenvalue weighted by molar-refractivity contribution is 0.477. The van der Waals surface area contributed by atoms with Gasteiger partial charge in [-0.05, 0) is 55.7 Å². The summed E-state index contributed by atoms with van der Waals surface area (Å²) in [5.41, 5.74) is 10.1. The maximum Gasteiger partial charge on any atom is 0.150 e. The fraction of sp³-hybridized carbons (Fsp3) is 0.200. The van der Waals surface area contributed by atoms with Crippen LogP contribution >= 0.6 is 15.9 Å². The van der Waals surface area contributed by atoms with Crippen LogP contribution in [0, 0.1) is 20.8 Å². The number of ether oxygens (including phenoxy) is 1. The summed E-state index contributed by atoms with van der Waals surface area (Å²) < 4.78 is 6.91. The van der Waals surface area contributed by atoms with E-state index in [1.165, 1.54) is 5.56 Å². The van der Waals surface area contributed by atoms with Gasteiger partial charge in [0, 0.05) is 4.47 Å². The highest BCUT2D eigenvalue weighted by molar-refractivity contribution is 9.10. The van der Waals surface area contributed by atoms with Gasteiger partial charge in [-0.2, -0.15) is 0 Å². The molecule has 0 unspecified atom stereocenters. The standard InChI is InChI=1S/C15H16BrNO/c1-9-4-5-10(2)15(11(9)3)18-14-7-6-12(16)8-13(14)17/h4-8H,17H2,1-3H3. The van der Waals surface area contributed by atoms with Crippen molar-refractivity contribution in [2.24, 2.45) is 0 Å². The Bertz CT molecular complexity index is 593. The van der Waals surface area contributed by atoms with Crippen molar-refractivity contribution in [3.8, 4) is 11.5 Å². The Labute approximate surface area is 116 Å². The van der Waals surface area contributed by atoms with Crippen LogP contribution in [0.3, 0.4) is 0 Å². The van der Waals surface area contributed by atoms with E-state index in [1.807, 2.05) is 25.1 Å². The topological polar surface area (TPSA) is 35.2 Å². The quantitative estimate of drug-likeness (QED) is 0.813. The van der Waals surface area contributed by atoms with Crippen LogP contribution in [-0.2, 0) is 0 Å². The van der Waals surface area contributed by atoms with Crippen molar-refractivity contribution in [1.29, 1.82) is 0 Å². The van der Waals surface area contributed by atoms with E-state index in [0.29, 0.717) is 11.4 Å². The first-order valence-electron chi connectivity index (χ1n) is 5.78. The fourth-order valence-electron chi connectivity index (χ4n) is 1.80. The number of rotatable bonds is 2. The number of hydrogen-bond acceptors (Lipinski definition) is 2. The molecule has 94 valence electrons. The SMILES string of the molecule is Cc1ccc(C)c(Oc2ccc(Br)cc2N)c1C. The molecule has 2 rings (SSSR count). The minimum atomic E-state index is 0.629. The molecule has 0 aliphatic heterocycles. The van der Waals surface area contributed by atoms with E-state index in [1.54, 1.807) is 0 Å². The Balaban J connectivity index is 2.43. The van der Waals surface area contributed by atoms with Gasteiger partial charge in [0.25, 0.3) is 0 Å². The van der Waals surface area contributed by atoms with Crippen LogP contribution in [0.25, 0.3) is 0 Å². The summed E-state index contributed by atoms with van der Waals surface area (Å²) >= 11 is 3.39. The molecular weight excluding hydrogens is 290 g/mol. The molecule has 3 heteroatoms. The lowest BCUT2D eigenvalue weighted by Crippen LogP contribution is -1.96. The van der Waals surface area contributed by atoms with Gasteiger partial charge < -0.3 is 10.5 Å². The summed E-state index contributed by atoms with van der Waals surface area (Å²) in [6.07, 6.45) is 0. The van der Waals surface area contributed by atoms with Gasteiger partial charge in [0.15, 0.2) is 0 Å². The maximum absolute atomic E-state index is 5.96. The molecule has 0 heterocycles. The van der Waals surface area contributed by atoms with Crippen LogP contribution in [0.15, 0.2) is 34.8 Å². The monoisotopic (exact) mass is 305 g/mol. The van der Waals surface area contributed by atoms with E-state index in [-0.39, 0.29) is 0 Å². The minimum Gasteiger partial charge on any atom is -0.455 e. The van der Waals surface area contributed by atoms with Gasteiger partial charge in [-0.1, -0.05) is 28.1 Å². The van der Waals surface area contributed by atoms with Crippen LogP contribution in [0.5, 0.6) is 11.5 Å². The lowest BCUT2D eigenvalue weighted by atomic mass is 10.1. The second-order valence-corrected chi connectivity index (χ2v) is 5.35. The molecule has 2 N–H and O–H groups in total. The van der Waals surface area contributed by atoms with Crippen molar-refractivity contribution in [3.05, 3.63) is 51.5 Å². The van der Waals surface area contributed by atoms with Crippen LogP contribution in [-0.4, -0.2) is 0 Å². The first kappa shape index (κ1) is 13.0. The Morgan fingerprint density at radius 2 is 1.67 bits per heavy atom. The molecule has 0 saturated carbocycles. The van der Waals surface area contributed by atoms with Crippen LogP contribution in [0.4, 0.5) is 5.69 Å². The number of anilines is 1. The number of benzene rings is 2. The highest BCUT2D eigenvalue weighted by Crippen LogP contribution is 2.34. The highest BCUT2D eigenvalue weighted by atomic mass is 79.9. The molecule has 0 spiro atoms. The Kier molecular flexibility index (Phi) is 3.62. The van der Waals surface area contributed by atoms with Crippen LogP contribution < -0.4 is 10.5 Å². The summed E-state index contributed by atoms with van der Waals surface area (Å²) in [4.78, 5) is 0. The third-order valence-corrected chi connectivity index (χ3v) is 3.55. The smallest absolute Gasteiger partial charge is 0.150 e. The molecule has 2 aromatic carbocycles. The summed E-state index contributed by atoms with van der Waals surface area (Å²) in [7, 11) is 0. The second-order valence-electron chi connectivity index (χ2n) is 4.44. The van der Waals surface area contributed by atoms with Gasteiger partial charge in [-0.3, -0.25) is 0 Å². The average molecular weight is 306 g/mol. The van der Waals surface area contributed by atoms with Crippen molar-refractivity contribution >= 4 is 21.6 Å². The van der Waals surface area contributed by atoms with Gasteiger partial charge in [0.1, 0.15) is 11.5 Å². The van der Waals surface area contributed by atoms with Gasteiger partial charge >= 0.3 is 0 Å². The average Bonchev–Trinajstić information content (AvgIpc) is 2.32. The summed E-state index contributed by atoms with van der Waals surface area (Å²) in [5, 5.41) is 0. The van der Waals surface area contributed by atoms with Crippen molar-refractivity contribution in [2.45, 2.75) is 20.8 Å². The molecule has 0 amide bonds. The van der Waals surface area contributed by atoms with Crippen molar-refractivity contribution in [2.75, 3.05) is 5.73 Å². The maximum atomic E-state index is 5.96. The lowest BCUT2D eigenvalue weighted by Gasteiger charge is -2.15. The van der Waals surface area contributed by atoms with Gasteiger partial charge in [0.05, 0.1) is 5.69 Å². The molecule has 18 heavy (non-hydrogen) atoms. The van der Waals surface area contributed by atoms with E-state index in [9.17, 15) is 0 Å². The highest BCUT2D eigenvalue weighted by Gasteiger charge is 2.09. The van der Waals surface area contributed by atoms with Gasteiger partial charge in [0.2, 0.25) is 0 Å². The number of halogens is 1. The molecule has 0 fully saturated rings. The number of aryl methyl sites for hydroxylation is 2. The third-order valence-electron chi connectivity index (χ3n) is 3.06. The molecule has 0 radical (unpaired) electrons. The zero-order valence-corrected chi connectivity index (χ0v) is 12.3. The Morgan fingerprint density at radius 3 is 2.33 bits per heavy atom. The van der Waals surface area contributed by atoms with E-state index >= 15 is 0 Å². The molecule has 0 aromatic heterocycles. The summed E-state index contributed by atoms with van der Waals surface area (Å²) in [5.74, 6) is 1.58. The normalized spacial score (nSPS) is 10.4. The molecule has 0 atom stereocenters. The predicted octanol–water partition coefficient (Wildman–Crippen LogP) is 4.75. The van der Waals surface area contributed by atoms with E-state index < -0.39 is 0 Å². The number of nitrogens with two attached hydrogens (primary N) is 1. The van der Waals surface area contributed by atoms with Crippen LogP contribution in [0.1, 0.15) is 16.7 Å².